The Balaban J connectivity index is 1.71. The topological polar surface area (TPSA) is 58.2 Å². The van der Waals surface area contributed by atoms with Crippen molar-refractivity contribution in [3.8, 4) is 0 Å². The van der Waals surface area contributed by atoms with Crippen LogP contribution in [0.3, 0.4) is 0 Å². The highest BCUT2D eigenvalue weighted by Gasteiger charge is 2.51. The number of rotatable bonds is 4. The van der Waals surface area contributed by atoms with E-state index in [2.05, 4.69) is 10.6 Å². The highest BCUT2D eigenvalue weighted by Crippen LogP contribution is 2.46. The fraction of sp³-hybridized carbons (Fsp3) is 0.632. The largest absolute Gasteiger partial charge is 0.326 e. The summed E-state index contributed by atoms with van der Waals surface area (Å²) in [6.07, 6.45) is 3.26. The molecular formula is C19H28N2O2S. The first-order valence-corrected chi connectivity index (χ1v) is 10.1. The number of nitrogens with one attached hydrogen (secondary N) is 2. The number of carbonyl (C=O) groups is 1. The Morgan fingerprint density at radius 1 is 1.42 bits per heavy atom. The number of carbonyl (C=O) groups excluding carboxylic acids is 1. The Kier molecular flexibility index (Phi) is 4.85. The molecule has 3 rings (SSSR count). The number of hydrogen-bond acceptors (Lipinski definition) is 3. The first-order chi connectivity index (χ1) is 11.3. The van der Waals surface area contributed by atoms with Gasteiger partial charge in [0.1, 0.15) is 0 Å². The lowest BCUT2D eigenvalue weighted by Crippen LogP contribution is -2.39. The molecule has 0 bridgehead atoms. The van der Waals surface area contributed by atoms with Crippen LogP contribution in [0.1, 0.15) is 45.6 Å². The summed E-state index contributed by atoms with van der Waals surface area (Å²) < 4.78 is 12.1. The van der Waals surface area contributed by atoms with Crippen LogP contribution in [0.25, 0.3) is 0 Å². The van der Waals surface area contributed by atoms with Crippen molar-refractivity contribution in [3.05, 3.63) is 29.8 Å². The van der Waals surface area contributed by atoms with Crippen LogP contribution in [0, 0.1) is 11.3 Å². The molecule has 1 unspecified atom stereocenters. The quantitative estimate of drug-likeness (QED) is 0.879. The van der Waals surface area contributed by atoms with Crippen molar-refractivity contribution in [3.63, 3.8) is 0 Å². The average Bonchev–Trinajstić information content (AvgIpc) is 3.06. The van der Waals surface area contributed by atoms with Crippen molar-refractivity contribution in [1.82, 2.24) is 5.32 Å². The standard InChI is InChI=1S/C19H28N2O2S/c1-18(2,3)24(23)12-14-6-4-8-16(10-14)21-17(22)19-9-5-7-15(19)11-20-13-19/h4,6,8,10,15,20H,5,7,9,11-13H2,1-3H3,(H,21,22)/t15-,19-,24?/m1/s1. The van der Waals surface area contributed by atoms with Crippen molar-refractivity contribution in [2.45, 2.75) is 50.5 Å². The first-order valence-electron chi connectivity index (χ1n) is 8.81. The lowest BCUT2D eigenvalue weighted by atomic mass is 9.80. The van der Waals surface area contributed by atoms with E-state index in [9.17, 15) is 9.00 Å². The minimum Gasteiger partial charge on any atom is -0.326 e. The predicted molar refractivity (Wildman–Crippen MR) is 99.3 cm³/mol. The van der Waals surface area contributed by atoms with Gasteiger partial charge in [0.15, 0.2) is 0 Å². The van der Waals surface area contributed by atoms with Gasteiger partial charge in [-0.2, -0.15) is 0 Å². The summed E-state index contributed by atoms with van der Waals surface area (Å²) in [4.78, 5) is 12.9. The molecule has 1 amide bonds. The molecule has 4 nitrogen and oxygen atoms in total. The van der Waals surface area contributed by atoms with Gasteiger partial charge in [-0.15, -0.1) is 0 Å². The van der Waals surface area contributed by atoms with Crippen molar-refractivity contribution < 1.29 is 9.00 Å². The summed E-state index contributed by atoms with van der Waals surface area (Å²) in [5.74, 6) is 1.13. The van der Waals surface area contributed by atoms with Gasteiger partial charge >= 0.3 is 0 Å². The fourth-order valence-corrected chi connectivity index (χ4v) is 4.80. The highest BCUT2D eigenvalue weighted by atomic mass is 32.2. The summed E-state index contributed by atoms with van der Waals surface area (Å²) in [7, 11) is -0.940. The zero-order valence-corrected chi connectivity index (χ0v) is 15.7. The third-order valence-corrected chi connectivity index (χ3v) is 7.37. The molecule has 1 aliphatic carbocycles. The minimum atomic E-state index is -0.940. The molecule has 1 saturated heterocycles. The second-order valence-electron chi connectivity index (χ2n) is 8.13. The Labute approximate surface area is 147 Å². The minimum absolute atomic E-state index is 0.143. The molecule has 2 aliphatic rings. The normalized spacial score (nSPS) is 27.7. The molecule has 0 spiro atoms. The van der Waals surface area contributed by atoms with Gasteiger partial charge in [0.25, 0.3) is 0 Å². The van der Waals surface area contributed by atoms with Gasteiger partial charge in [0.05, 0.1) is 5.41 Å². The molecule has 5 heteroatoms. The third kappa shape index (κ3) is 3.42. The molecule has 2 fully saturated rings. The summed E-state index contributed by atoms with van der Waals surface area (Å²) in [5.41, 5.74) is 1.59. The van der Waals surface area contributed by atoms with Gasteiger partial charge in [-0.1, -0.05) is 18.6 Å². The van der Waals surface area contributed by atoms with Crippen molar-refractivity contribution >= 4 is 22.4 Å². The van der Waals surface area contributed by atoms with Crippen LogP contribution in [-0.4, -0.2) is 28.0 Å². The van der Waals surface area contributed by atoms with E-state index in [1.165, 1.54) is 0 Å². The van der Waals surface area contributed by atoms with E-state index < -0.39 is 10.8 Å². The SMILES string of the molecule is CC(C)(C)S(=O)Cc1cccc(NC(=O)[C@@]23CCC[C@@H]2CNC3)c1. The third-order valence-electron chi connectivity index (χ3n) is 5.41. The lowest BCUT2D eigenvalue weighted by molar-refractivity contribution is -0.125. The van der Waals surface area contributed by atoms with Crippen LogP contribution in [0.2, 0.25) is 0 Å². The summed E-state index contributed by atoms with van der Waals surface area (Å²) in [6.45, 7) is 7.71. The Morgan fingerprint density at radius 2 is 2.21 bits per heavy atom. The summed E-state index contributed by atoms with van der Waals surface area (Å²) in [5, 5.41) is 6.51. The molecule has 24 heavy (non-hydrogen) atoms. The fourth-order valence-electron chi connectivity index (χ4n) is 3.89. The number of anilines is 1. The zero-order valence-electron chi connectivity index (χ0n) is 14.9. The zero-order chi connectivity index (χ0) is 17.4. The van der Waals surface area contributed by atoms with Gasteiger partial charge in [-0.05, 0) is 63.8 Å². The van der Waals surface area contributed by atoms with Crippen molar-refractivity contribution in [2.75, 3.05) is 18.4 Å². The molecule has 3 atom stereocenters. The van der Waals surface area contributed by atoms with Gasteiger partial charge < -0.3 is 10.6 Å². The second-order valence-corrected chi connectivity index (χ2v) is 10.3. The van der Waals surface area contributed by atoms with Gasteiger partial charge in [-0.3, -0.25) is 9.00 Å². The summed E-state index contributed by atoms with van der Waals surface area (Å²) in [6, 6.07) is 7.80. The monoisotopic (exact) mass is 348 g/mol. The smallest absolute Gasteiger partial charge is 0.232 e. The van der Waals surface area contributed by atoms with Crippen LogP contribution >= 0.6 is 0 Å². The average molecular weight is 349 g/mol. The van der Waals surface area contributed by atoms with E-state index >= 15 is 0 Å². The molecule has 1 aromatic carbocycles. The van der Waals surface area contributed by atoms with Gasteiger partial charge in [0.2, 0.25) is 5.91 Å². The molecule has 1 saturated carbocycles. The van der Waals surface area contributed by atoms with E-state index in [-0.39, 0.29) is 16.1 Å². The first kappa shape index (κ1) is 17.6. The molecule has 1 aromatic rings. The number of benzene rings is 1. The summed E-state index contributed by atoms with van der Waals surface area (Å²) >= 11 is 0. The second kappa shape index (κ2) is 6.60. The number of amides is 1. The van der Waals surface area contributed by atoms with E-state index in [1.54, 1.807) is 0 Å². The molecule has 1 heterocycles. The van der Waals surface area contributed by atoms with Gasteiger partial charge in [-0.25, -0.2) is 0 Å². The molecule has 2 N–H and O–H groups in total. The Bertz CT molecular complexity index is 641. The number of fused-ring (bicyclic) bond motifs is 1. The van der Waals surface area contributed by atoms with E-state index in [1.807, 2.05) is 45.0 Å². The van der Waals surface area contributed by atoms with Crippen molar-refractivity contribution in [2.24, 2.45) is 11.3 Å². The van der Waals surface area contributed by atoms with Crippen molar-refractivity contribution in [1.29, 1.82) is 0 Å². The van der Waals surface area contributed by atoms with Crippen LogP contribution < -0.4 is 10.6 Å². The molecule has 0 aromatic heterocycles. The maximum absolute atomic E-state index is 12.9. The Morgan fingerprint density at radius 3 is 2.96 bits per heavy atom. The Hall–Kier alpha value is -1.20. The maximum Gasteiger partial charge on any atom is 0.232 e. The predicted octanol–water partition coefficient (Wildman–Crippen LogP) is 3.06. The van der Waals surface area contributed by atoms with Crippen LogP contribution in [0.15, 0.2) is 24.3 Å². The highest BCUT2D eigenvalue weighted by molar-refractivity contribution is 7.85. The molecule has 1 aliphatic heterocycles. The van der Waals surface area contributed by atoms with E-state index in [0.717, 1.165) is 43.6 Å². The lowest BCUT2D eigenvalue weighted by Gasteiger charge is -2.27. The van der Waals surface area contributed by atoms with E-state index in [4.69, 9.17) is 0 Å². The van der Waals surface area contributed by atoms with Crippen LogP contribution in [-0.2, 0) is 21.3 Å². The number of hydrogen-bond donors (Lipinski definition) is 2. The maximum atomic E-state index is 12.9. The van der Waals surface area contributed by atoms with Gasteiger partial charge in [0, 0.05) is 33.5 Å². The van der Waals surface area contributed by atoms with E-state index in [0.29, 0.717) is 11.7 Å². The van der Waals surface area contributed by atoms with Crippen LogP contribution in [0.5, 0.6) is 0 Å². The van der Waals surface area contributed by atoms with Crippen LogP contribution in [0.4, 0.5) is 5.69 Å². The molecular weight excluding hydrogens is 320 g/mol. The molecule has 132 valence electrons. The molecule has 0 radical (unpaired) electrons.